The molecule has 1 saturated carbocycles. The minimum atomic E-state index is 0. The zero-order chi connectivity index (χ0) is 26.6. The summed E-state index contributed by atoms with van der Waals surface area (Å²) in [6, 6.07) is 21.0. The summed E-state index contributed by atoms with van der Waals surface area (Å²) in [6.07, 6.45) is 16.7. The van der Waals surface area contributed by atoms with Gasteiger partial charge in [-0.05, 0) is 11.1 Å². The smallest absolute Gasteiger partial charge is 0.675 e. The second kappa shape index (κ2) is 22.9. The molecule has 1 unspecified atom stereocenters. The molecule has 0 amide bonds. The molecule has 1 atom stereocenters. The average Bonchev–Trinajstić information content (AvgIpc) is 3.09. The Bertz CT molecular complexity index is 810. The summed E-state index contributed by atoms with van der Waals surface area (Å²) in [5, 5.41) is 0. The van der Waals surface area contributed by atoms with Crippen LogP contribution in [0.25, 0.3) is 16.9 Å². The molecule has 1 fully saturated rings. The van der Waals surface area contributed by atoms with Gasteiger partial charge in [-0.15, -0.1) is 13.0 Å². The standard InChI is InChI=1S/C12H10.C11H22N.C9H13.C2H7Si.Zr/c1-3-7-11(8-4-1)12-9-5-2-6-10-12;12-11-9-7-5-3-1-2-4-6-8-10-11;1-6-5-7(2)9(4)8(6)3;1-3-2;/h1-10H;11-12H,1-10H2;6H,1-4H3;3H,1-2H3;/q;2*-1;;+2. The first-order valence-corrected chi connectivity index (χ1v) is 16.5. The molecule has 2 aromatic carbocycles. The Morgan fingerprint density at radius 2 is 1.03 bits per heavy atom. The zero-order valence-corrected chi connectivity index (χ0v) is 28.2. The van der Waals surface area contributed by atoms with E-state index >= 15 is 0 Å². The van der Waals surface area contributed by atoms with Crippen molar-refractivity contribution in [3.63, 3.8) is 0 Å². The van der Waals surface area contributed by atoms with E-state index in [-0.39, 0.29) is 32.2 Å². The molecule has 37 heavy (non-hydrogen) atoms. The van der Waals surface area contributed by atoms with Crippen LogP contribution in [-0.2, 0) is 26.2 Å². The van der Waals surface area contributed by atoms with Crippen molar-refractivity contribution in [1.82, 2.24) is 0 Å². The quantitative estimate of drug-likeness (QED) is 0.232. The number of nitrogens with one attached hydrogen (secondary N) is 1. The van der Waals surface area contributed by atoms with Gasteiger partial charge in [0.05, 0.1) is 0 Å². The molecular formula is C34H52NSiZr. The molecule has 201 valence electrons. The van der Waals surface area contributed by atoms with Crippen molar-refractivity contribution in [1.29, 1.82) is 0 Å². The van der Waals surface area contributed by atoms with Gasteiger partial charge in [0.1, 0.15) is 0 Å². The minimum Gasteiger partial charge on any atom is -0.675 e. The summed E-state index contributed by atoms with van der Waals surface area (Å²) < 4.78 is 0. The van der Waals surface area contributed by atoms with Gasteiger partial charge in [-0.2, -0.15) is 11.1 Å². The number of hydrogen-bond acceptors (Lipinski definition) is 0. The maximum absolute atomic E-state index is 7.75. The molecule has 0 saturated heterocycles. The van der Waals surface area contributed by atoms with Crippen LogP contribution in [0.3, 0.4) is 0 Å². The average molecular weight is 594 g/mol. The molecule has 1 nitrogen and oxygen atoms in total. The Hall–Kier alpha value is -1.02. The molecule has 1 radical (unpaired) electrons. The molecule has 4 rings (SSSR count). The first kappa shape index (κ1) is 36.0. The fraction of sp³-hybridized carbons (Fsp3) is 0.529. The maximum atomic E-state index is 7.75. The Balaban J connectivity index is 0.000000497. The third-order valence-electron chi connectivity index (χ3n) is 6.97. The molecule has 0 heterocycles. The molecule has 0 aromatic heterocycles. The van der Waals surface area contributed by atoms with Crippen LogP contribution >= 0.6 is 0 Å². The first-order chi connectivity index (χ1) is 17.4. The fourth-order valence-electron chi connectivity index (χ4n) is 4.41. The Morgan fingerprint density at radius 1 is 0.676 bits per heavy atom. The van der Waals surface area contributed by atoms with Gasteiger partial charge in [0.25, 0.3) is 0 Å². The monoisotopic (exact) mass is 592 g/mol. The van der Waals surface area contributed by atoms with Crippen LogP contribution in [0.4, 0.5) is 0 Å². The van der Waals surface area contributed by atoms with Crippen LogP contribution in [0.15, 0.2) is 77.4 Å². The zero-order valence-electron chi connectivity index (χ0n) is 24.6. The third-order valence-corrected chi connectivity index (χ3v) is 6.97. The summed E-state index contributed by atoms with van der Waals surface area (Å²) in [6.45, 7) is 13.1. The van der Waals surface area contributed by atoms with E-state index in [2.05, 4.69) is 95.4 Å². The second-order valence-electron chi connectivity index (χ2n) is 10.2. The topological polar surface area (TPSA) is 23.8 Å². The maximum Gasteiger partial charge on any atom is 2.00 e. The van der Waals surface area contributed by atoms with E-state index in [0.29, 0.717) is 5.92 Å². The van der Waals surface area contributed by atoms with Gasteiger partial charge in [0.15, 0.2) is 0 Å². The molecule has 3 heteroatoms. The first-order valence-electron chi connectivity index (χ1n) is 14.2. The van der Waals surface area contributed by atoms with E-state index in [0.717, 1.165) is 22.4 Å². The number of benzene rings is 2. The predicted octanol–water partition coefficient (Wildman–Crippen LogP) is 10.9. The third kappa shape index (κ3) is 16.5. The summed E-state index contributed by atoms with van der Waals surface area (Å²) >= 11 is 0. The van der Waals surface area contributed by atoms with Crippen LogP contribution in [-0.4, -0.2) is 15.6 Å². The van der Waals surface area contributed by atoms with Gasteiger partial charge >= 0.3 is 26.2 Å². The van der Waals surface area contributed by atoms with Crippen LogP contribution < -0.4 is 0 Å². The van der Waals surface area contributed by atoms with E-state index in [9.17, 15) is 0 Å². The predicted molar refractivity (Wildman–Crippen MR) is 165 cm³/mol. The van der Waals surface area contributed by atoms with Crippen molar-refractivity contribution in [3.05, 3.63) is 89.2 Å². The van der Waals surface area contributed by atoms with Crippen molar-refractivity contribution in [2.45, 2.75) is 111 Å². The van der Waals surface area contributed by atoms with Crippen LogP contribution in [0.5, 0.6) is 0 Å². The molecule has 2 aliphatic rings. The molecular weight excluding hydrogens is 542 g/mol. The van der Waals surface area contributed by atoms with E-state index in [1.807, 2.05) is 12.1 Å². The summed E-state index contributed by atoms with van der Waals surface area (Å²) in [4.78, 5) is 0. The van der Waals surface area contributed by atoms with E-state index in [4.69, 9.17) is 5.73 Å². The summed E-state index contributed by atoms with van der Waals surface area (Å²) in [5.74, 6) is 0.560. The molecule has 0 bridgehead atoms. The van der Waals surface area contributed by atoms with Crippen LogP contribution in [0.2, 0.25) is 13.1 Å². The van der Waals surface area contributed by atoms with Gasteiger partial charge in [0.2, 0.25) is 0 Å². The van der Waals surface area contributed by atoms with Crippen molar-refractivity contribution in [3.8, 4) is 11.1 Å². The molecule has 0 spiro atoms. The van der Waals surface area contributed by atoms with Gasteiger partial charge in [0, 0.05) is 9.52 Å². The summed E-state index contributed by atoms with van der Waals surface area (Å²) in [5.41, 5.74) is 14.5. The van der Waals surface area contributed by atoms with E-state index < -0.39 is 0 Å². The molecule has 1 N–H and O–H groups in total. The second-order valence-corrected chi connectivity index (χ2v) is 11.4. The van der Waals surface area contributed by atoms with Crippen LogP contribution in [0, 0.1) is 12.0 Å². The number of hydrogen-bond donors (Lipinski definition) is 0. The SMILES string of the molecule is CC1=[C-]C(C)C(C)=C1C.C[SiH]C.[NH-]C1CCCCCCCCCC1.[Zr+2].c1ccc(-c2ccccc2)cc1. The molecule has 2 aliphatic carbocycles. The van der Waals surface area contributed by atoms with Crippen molar-refractivity contribution < 1.29 is 26.2 Å². The van der Waals surface area contributed by atoms with Gasteiger partial charge in [-0.1, -0.05) is 165 Å². The largest absolute Gasteiger partial charge is 2.00 e. The Morgan fingerprint density at radius 3 is 1.30 bits per heavy atom. The Labute approximate surface area is 251 Å². The molecule has 0 aliphatic heterocycles. The fourth-order valence-corrected chi connectivity index (χ4v) is 4.41. The van der Waals surface area contributed by atoms with Crippen molar-refractivity contribution in [2.75, 3.05) is 0 Å². The van der Waals surface area contributed by atoms with Gasteiger partial charge < -0.3 is 5.73 Å². The van der Waals surface area contributed by atoms with Crippen molar-refractivity contribution in [2.24, 2.45) is 5.92 Å². The van der Waals surface area contributed by atoms with E-state index in [1.54, 1.807) is 0 Å². The summed E-state index contributed by atoms with van der Waals surface area (Å²) in [7, 11) is 0.750. The Kier molecular flexibility index (Phi) is 22.3. The number of allylic oxidation sites excluding steroid dienone is 4. The van der Waals surface area contributed by atoms with Crippen LogP contribution in [0.1, 0.15) is 91.9 Å². The molecule has 2 aromatic rings. The van der Waals surface area contributed by atoms with E-state index in [1.165, 1.54) is 79.2 Å². The van der Waals surface area contributed by atoms with Gasteiger partial charge in [-0.3, -0.25) is 6.08 Å². The normalized spacial score (nSPS) is 18.2. The van der Waals surface area contributed by atoms with Crippen molar-refractivity contribution >= 4 is 9.52 Å². The van der Waals surface area contributed by atoms with Gasteiger partial charge in [-0.25, -0.2) is 5.57 Å². The minimum absolute atomic E-state index is 0. The number of rotatable bonds is 1.